The number of benzene rings is 1. The molecule has 2 heterocycles. The maximum Gasteiger partial charge on any atom is 0.278 e. The van der Waals surface area contributed by atoms with Crippen LogP contribution in [0.2, 0.25) is 0 Å². The summed E-state index contributed by atoms with van der Waals surface area (Å²) in [6, 6.07) is 9.56. The highest BCUT2D eigenvalue weighted by Crippen LogP contribution is 2.28. The molecule has 0 saturated carbocycles. The van der Waals surface area contributed by atoms with Crippen molar-refractivity contribution in [2.45, 2.75) is 6.42 Å². The van der Waals surface area contributed by atoms with Gasteiger partial charge in [0.2, 0.25) is 0 Å². The quantitative estimate of drug-likeness (QED) is 0.817. The third-order valence-electron chi connectivity index (χ3n) is 3.27. The maximum atomic E-state index is 12.4. The molecular weight excluding hydrogens is 228 g/mol. The van der Waals surface area contributed by atoms with Crippen LogP contribution >= 0.6 is 0 Å². The number of hydrogen-bond acceptors (Lipinski definition) is 3. The normalized spacial score (nSPS) is 13.7. The van der Waals surface area contributed by atoms with Crippen molar-refractivity contribution in [3.05, 3.63) is 41.6 Å². The second-order valence-corrected chi connectivity index (χ2v) is 4.41. The van der Waals surface area contributed by atoms with E-state index in [1.54, 1.807) is 18.0 Å². The first kappa shape index (κ1) is 10.8. The molecule has 0 radical (unpaired) electrons. The van der Waals surface area contributed by atoms with E-state index in [0.717, 1.165) is 12.1 Å². The van der Waals surface area contributed by atoms with Gasteiger partial charge in [0.15, 0.2) is 5.69 Å². The molecule has 0 fully saturated rings. The van der Waals surface area contributed by atoms with Crippen molar-refractivity contribution in [2.24, 2.45) is 7.05 Å². The molecule has 5 nitrogen and oxygen atoms in total. The van der Waals surface area contributed by atoms with Crippen molar-refractivity contribution < 1.29 is 4.79 Å². The second kappa shape index (κ2) is 3.87. The van der Waals surface area contributed by atoms with Crippen molar-refractivity contribution in [2.75, 3.05) is 17.2 Å². The van der Waals surface area contributed by atoms with Gasteiger partial charge in [0.25, 0.3) is 5.91 Å². The van der Waals surface area contributed by atoms with Crippen LogP contribution in [-0.2, 0) is 13.5 Å². The van der Waals surface area contributed by atoms with Crippen molar-refractivity contribution in [1.82, 2.24) is 9.78 Å². The number of aryl methyl sites for hydroxylation is 1. The van der Waals surface area contributed by atoms with Gasteiger partial charge in [-0.25, -0.2) is 0 Å². The van der Waals surface area contributed by atoms with Crippen LogP contribution in [0.5, 0.6) is 0 Å². The van der Waals surface area contributed by atoms with Crippen molar-refractivity contribution >= 4 is 17.4 Å². The number of para-hydroxylation sites is 1. The van der Waals surface area contributed by atoms with Crippen LogP contribution in [0.1, 0.15) is 16.1 Å². The Hall–Kier alpha value is -2.30. The smallest absolute Gasteiger partial charge is 0.278 e. The fourth-order valence-corrected chi connectivity index (χ4v) is 2.27. The van der Waals surface area contributed by atoms with E-state index in [9.17, 15) is 4.79 Å². The van der Waals surface area contributed by atoms with E-state index in [0.29, 0.717) is 18.1 Å². The summed E-state index contributed by atoms with van der Waals surface area (Å²) >= 11 is 0. The first-order valence-corrected chi connectivity index (χ1v) is 5.86. The first-order chi connectivity index (χ1) is 8.66. The Bertz CT molecular complexity index is 598. The monoisotopic (exact) mass is 242 g/mol. The van der Waals surface area contributed by atoms with Gasteiger partial charge >= 0.3 is 0 Å². The van der Waals surface area contributed by atoms with Gasteiger partial charge in [-0.15, -0.1) is 0 Å². The Morgan fingerprint density at radius 1 is 1.39 bits per heavy atom. The minimum Gasteiger partial charge on any atom is -0.384 e. The molecule has 1 aromatic carbocycles. The Kier molecular flexibility index (Phi) is 2.33. The number of amides is 1. The SMILES string of the molecule is Cn1nc(C(=O)N2CCc3ccccc32)cc1N. The van der Waals surface area contributed by atoms with E-state index < -0.39 is 0 Å². The molecule has 0 aliphatic carbocycles. The first-order valence-electron chi connectivity index (χ1n) is 5.86. The molecule has 2 aromatic rings. The Morgan fingerprint density at radius 3 is 2.89 bits per heavy atom. The second-order valence-electron chi connectivity index (χ2n) is 4.41. The maximum absolute atomic E-state index is 12.4. The van der Waals surface area contributed by atoms with Gasteiger partial charge in [-0.3, -0.25) is 9.48 Å². The molecule has 1 amide bonds. The minimum atomic E-state index is -0.0905. The molecule has 3 rings (SSSR count). The number of carbonyl (C=O) groups excluding carboxylic acids is 1. The number of nitrogens with zero attached hydrogens (tertiary/aromatic N) is 3. The van der Waals surface area contributed by atoms with E-state index in [-0.39, 0.29) is 5.91 Å². The van der Waals surface area contributed by atoms with Crippen LogP contribution in [0.3, 0.4) is 0 Å². The summed E-state index contributed by atoms with van der Waals surface area (Å²) in [6.07, 6.45) is 0.893. The third kappa shape index (κ3) is 1.55. The van der Waals surface area contributed by atoms with Crippen LogP contribution in [-0.4, -0.2) is 22.2 Å². The lowest BCUT2D eigenvalue weighted by atomic mass is 10.2. The van der Waals surface area contributed by atoms with Gasteiger partial charge in [0.05, 0.1) is 0 Å². The molecule has 2 N–H and O–H groups in total. The average molecular weight is 242 g/mol. The number of fused-ring (bicyclic) bond motifs is 1. The summed E-state index contributed by atoms with van der Waals surface area (Å²) in [6.45, 7) is 0.703. The van der Waals surface area contributed by atoms with E-state index in [2.05, 4.69) is 11.2 Å². The van der Waals surface area contributed by atoms with Crippen LogP contribution in [0, 0.1) is 0 Å². The van der Waals surface area contributed by atoms with Gasteiger partial charge < -0.3 is 10.6 Å². The average Bonchev–Trinajstić information content (AvgIpc) is 2.93. The molecule has 0 atom stereocenters. The van der Waals surface area contributed by atoms with E-state index in [4.69, 9.17) is 5.73 Å². The van der Waals surface area contributed by atoms with Gasteiger partial charge in [0.1, 0.15) is 5.82 Å². The van der Waals surface area contributed by atoms with E-state index >= 15 is 0 Å². The van der Waals surface area contributed by atoms with E-state index in [1.807, 2.05) is 18.2 Å². The molecule has 1 aliphatic heterocycles. The minimum absolute atomic E-state index is 0.0905. The molecule has 0 bridgehead atoms. The predicted octanol–water partition coefficient (Wildman–Crippen LogP) is 1.21. The number of anilines is 2. The Morgan fingerprint density at radius 2 is 2.17 bits per heavy atom. The Balaban J connectivity index is 1.95. The number of hydrogen-bond donors (Lipinski definition) is 1. The fourth-order valence-electron chi connectivity index (χ4n) is 2.27. The van der Waals surface area contributed by atoms with Gasteiger partial charge in [-0.2, -0.15) is 5.10 Å². The topological polar surface area (TPSA) is 64.2 Å². The summed E-state index contributed by atoms with van der Waals surface area (Å²) in [5.41, 5.74) is 8.28. The number of rotatable bonds is 1. The molecule has 0 saturated heterocycles. The van der Waals surface area contributed by atoms with Crippen molar-refractivity contribution in [3.63, 3.8) is 0 Å². The molecule has 0 unspecified atom stereocenters. The largest absolute Gasteiger partial charge is 0.384 e. The van der Waals surface area contributed by atoms with Crippen LogP contribution in [0.15, 0.2) is 30.3 Å². The predicted molar refractivity (Wildman–Crippen MR) is 69.4 cm³/mol. The number of carbonyl (C=O) groups is 1. The number of nitrogens with two attached hydrogens (primary N) is 1. The summed E-state index contributed by atoms with van der Waals surface area (Å²) in [7, 11) is 1.73. The highest BCUT2D eigenvalue weighted by atomic mass is 16.2. The fraction of sp³-hybridized carbons (Fsp3) is 0.231. The molecule has 5 heteroatoms. The summed E-state index contributed by atoms with van der Waals surface area (Å²) in [4.78, 5) is 14.1. The molecular formula is C13H14N4O. The third-order valence-corrected chi connectivity index (χ3v) is 3.27. The van der Waals surface area contributed by atoms with Crippen molar-refractivity contribution in [3.8, 4) is 0 Å². The van der Waals surface area contributed by atoms with Crippen LogP contribution in [0.25, 0.3) is 0 Å². The highest BCUT2D eigenvalue weighted by molar-refractivity contribution is 6.06. The molecule has 1 aromatic heterocycles. The lowest BCUT2D eigenvalue weighted by Gasteiger charge is -2.15. The summed E-state index contributed by atoms with van der Waals surface area (Å²) in [5, 5.41) is 4.13. The summed E-state index contributed by atoms with van der Waals surface area (Å²) < 4.78 is 1.51. The number of nitrogen functional groups attached to an aromatic ring is 1. The molecule has 92 valence electrons. The molecule has 0 spiro atoms. The van der Waals surface area contributed by atoms with Crippen LogP contribution in [0.4, 0.5) is 11.5 Å². The Labute approximate surface area is 105 Å². The standard InChI is InChI=1S/C13H14N4O/c1-16-12(14)8-10(15-16)13(18)17-7-6-9-4-2-3-5-11(9)17/h2-5,8H,6-7,14H2,1H3. The van der Waals surface area contributed by atoms with Gasteiger partial charge in [-0.1, -0.05) is 18.2 Å². The summed E-state index contributed by atoms with van der Waals surface area (Å²) in [5.74, 6) is 0.401. The zero-order chi connectivity index (χ0) is 12.7. The van der Waals surface area contributed by atoms with Crippen molar-refractivity contribution in [1.29, 1.82) is 0 Å². The van der Waals surface area contributed by atoms with Crippen LogP contribution < -0.4 is 10.6 Å². The lowest BCUT2D eigenvalue weighted by Crippen LogP contribution is -2.29. The van der Waals surface area contributed by atoms with Gasteiger partial charge in [0, 0.05) is 25.3 Å². The molecule has 18 heavy (non-hydrogen) atoms. The number of aromatic nitrogens is 2. The zero-order valence-electron chi connectivity index (χ0n) is 10.1. The van der Waals surface area contributed by atoms with Gasteiger partial charge in [-0.05, 0) is 18.1 Å². The highest BCUT2D eigenvalue weighted by Gasteiger charge is 2.26. The molecule has 1 aliphatic rings. The van der Waals surface area contributed by atoms with E-state index in [1.165, 1.54) is 10.2 Å². The lowest BCUT2D eigenvalue weighted by molar-refractivity contribution is 0.0984. The zero-order valence-corrected chi connectivity index (χ0v) is 10.1.